The normalized spacial score (nSPS) is 29.6. The van der Waals surface area contributed by atoms with Crippen molar-refractivity contribution in [2.75, 3.05) is 0 Å². The van der Waals surface area contributed by atoms with Crippen molar-refractivity contribution >= 4 is 14.3 Å². The van der Waals surface area contributed by atoms with Crippen molar-refractivity contribution < 1.29 is 0 Å². The molecule has 1 heteroatoms. The molecule has 0 N–H and O–H groups in total. The summed E-state index contributed by atoms with van der Waals surface area (Å²) in [6, 6.07) is 1.49. The number of fused-ring (bicyclic) bond motifs is 1. The van der Waals surface area contributed by atoms with Gasteiger partial charge >= 0.3 is 0 Å². The SMILES string of the molecule is C1=CC2=[SiH]CCCC2C=C1. The Morgan fingerprint density at radius 1 is 1.40 bits per heavy atom. The van der Waals surface area contributed by atoms with Gasteiger partial charge < -0.3 is 0 Å². The van der Waals surface area contributed by atoms with Crippen LogP contribution in [0.25, 0.3) is 0 Å². The Morgan fingerprint density at radius 2 is 2.40 bits per heavy atom. The summed E-state index contributed by atoms with van der Waals surface area (Å²) in [4.78, 5) is 0. The van der Waals surface area contributed by atoms with E-state index in [1.165, 1.54) is 18.9 Å². The van der Waals surface area contributed by atoms with E-state index in [0.717, 1.165) is 5.92 Å². The summed E-state index contributed by atoms with van der Waals surface area (Å²) >= 11 is 0. The molecule has 1 unspecified atom stereocenters. The number of allylic oxidation sites excluding steroid dienone is 4. The summed E-state index contributed by atoms with van der Waals surface area (Å²) in [7, 11) is 0.652. The van der Waals surface area contributed by atoms with Crippen molar-refractivity contribution in [3.05, 3.63) is 24.3 Å². The largest absolute Gasteiger partial charge is 0.0774 e. The van der Waals surface area contributed by atoms with Crippen molar-refractivity contribution in [1.29, 1.82) is 0 Å². The van der Waals surface area contributed by atoms with Crippen LogP contribution in [-0.2, 0) is 0 Å². The third-order valence-electron chi connectivity index (χ3n) is 2.27. The molecule has 0 nitrogen and oxygen atoms in total. The van der Waals surface area contributed by atoms with Crippen LogP contribution >= 0.6 is 0 Å². The summed E-state index contributed by atoms with van der Waals surface area (Å²) in [5, 5.41) is 1.74. The van der Waals surface area contributed by atoms with Gasteiger partial charge in [-0.2, -0.15) is 0 Å². The molecule has 0 radical (unpaired) electrons. The molecule has 0 bridgehead atoms. The van der Waals surface area contributed by atoms with E-state index in [0.29, 0.717) is 9.13 Å². The first kappa shape index (κ1) is 6.29. The molecule has 52 valence electrons. The van der Waals surface area contributed by atoms with E-state index in [9.17, 15) is 0 Å². The van der Waals surface area contributed by atoms with Gasteiger partial charge in [-0.1, -0.05) is 35.9 Å². The molecular formula is C9H12Si. The van der Waals surface area contributed by atoms with Crippen LogP contribution in [0.1, 0.15) is 12.8 Å². The molecule has 0 amide bonds. The Balaban J connectivity index is 2.27. The topological polar surface area (TPSA) is 0 Å². The van der Waals surface area contributed by atoms with Gasteiger partial charge in [0.2, 0.25) is 0 Å². The highest BCUT2D eigenvalue weighted by atomic mass is 28.2. The molecule has 0 aromatic carbocycles. The maximum atomic E-state index is 2.36. The van der Waals surface area contributed by atoms with Crippen LogP contribution in [0, 0.1) is 5.92 Å². The third-order valence-corrected chi connectivity index (χ3v) is 4.06. The highest BCUT2D eigenvalue weighted by Gasteiger charge is 2.13. The lowest BCUT2D eigenvalue weighted by Gasteiger charge is -2.20. The second kappa shape index (κ2) is 2.66. The minimum Gasteiger partial charge on any atom is -0.0774 e. The van der Waals surface area contributed by atoms with Crippen LogP contribution in [0.3, 0.4) is 0 Å². The standard InChI is InChI=1S/C9H12Si/c1-2-6-9-8(4-1)5-3-7-10-9/h1-2,4,6,8,10H,3,5,7H2. The predicted octanol–water partition coefficient (Wildman–Crippen LogP) is 1.55. The molecule has 2 rings (SSSR count). The molecule has 1 atom stereocenters. The van der Waals surface area contributed by atoms with Crippen LogP contribution in [0.2, 0.25) is 6.04 Å². The van der Waals surface area contributed by atoms with E-state index in [1.54, 1.807) is 5.17 Å². The van der Waals surface area contributed by atoms with Gasteiger partial charge in [0, 0.05) is 0 Å². The summed E-state index contributed by atoms with van der Waals surface area (Å²) in [5.41, 5.74) is 0. The first-order valence-corrected chi connectivity index (χ1v) is 5.41. The summed E-state index contributed by atoms with van der Waals surface area (Å²) < 4.78 is 0. The first-order chi connectivity index (χ1) is 4.97. The van der Waals surface area contributed by atoms with Gasteiger partial charge in [0.1, 0.15) is 0 Å². The average Bonchev–Trinajstić information content (AvgIpc) is 2.05. The van der Waals surface area contributed by atoms with E-state index in [1.807, 2.05) is 0 Å². The van der Waals surface area contributed by atoms with Crippen LogP contribution < -0.4 is 0 Å². The lowest BCUT2D eigenvalue weighted by Crippen LogP contribution is -2.19. The summed E-state index contributed by atoms with van der Waals surface area (Å²) in [5.74, 6) is 0.841. The number of hydrogen-bond donors (Lipinski definition) is 0. The monoisotopic (exact) mass is 148 g/mol. The Bertz CT molecular complexity index is 211. The molecule has 2 aliphatic rings. The maximum Gasteiger partial charge on any atom is -0.00177 e. The fourth-order valence-corrected chi connectivity index (χ4v) is 3.29. The van der Waals surface area contributed by atoms with E-state index in [-0.39, 0.29) is 0 Å². The third kappa shape index (κ3) is 1.06. The van der Waals surface area contributed by atoms with E-state index in [4.69, 9.17) is 0 Å². The van der Waals surface area contributed by atoms with Crippen molar-refractivity contribution in [2.24, 2.45) is 5.92 Å². The predicted molar refractivity (Wildman–Crippen MR) is 48.0 cm³/mol. The van der Waals surface area contributed by atoms with E-state index in [2.05, 4.69) is 24.3 Å². The number of rotatable bonds is 0. The minimum atomic E-state index is 0.652. The highest BCUT2D eigenvalue weighted by molar-refractivity contribution is 6.58. The van der Waals surface area contributed by atoms with Crippen molar-refractivity contribution in [3.63, 3.8) is 0 Å². The molecule has 0 saturated carbocycles. The first-order valence-electron chi connectivity index (χ1n) is 4.02. The molecule has 0 saturated heterocycles. The Kier molecular flexibility index (Phi) is 1.68. The molecule has 0 aromatic heterocycles. The quantitative estimate of drug-likeness (QED) is 0.457. The van der Waals surface area contributed by atoms with Gasteiger partial charge in [-0.05, 0) is 27.5 Å². The van der Waals surface area contributed by atoms with Crippen LogP contribution in [0.5, 0.6) is 0 Å². The molecule has 0 spiro atoms. The van der Waals surface area contributed by atoms with Crippen LogP contribution in [0.4, 0.5) is 0 Å². The van der Waals surface area contributed by atoms with Gasteiger partial charge in [0.25, 0.3) is 0 Å². The zero-order chi connectivity index (χ0) is 6.81. The highest BCUT2D eigenvalue weighted by Crippen LogP contribution is 2.19. The molecule has 0 aromatic rings. The van der Waals surface area contributed by atoms with E-state index < -0.39 is 0 Å². The minimum absolute atomic E-state index is 0.652. The molecule has 1 heterocycles. The summed E-state index contributed by atoms with van der Waals surface area (Å²) in [6.07, 6.45) is 11.9. The molecular weight excluding hydrogens is 136 g/mol. The Labute approximate surface area is 64.1 Å². The lowest BCUT2D eigenvalue weighted by molar-refractivity contribution is 0.715. The smallest absolute Gasteiger partial charge is 0.00177 e. The zero-order valence-corrected chi connectivity index (χ0v) is 7.24. The second-order valence-corrected chi connectivity index (χ2v) is 4.64. The van der Waals surface area contributed by atoms with Gasteiger partial charge in [0.05, 0.1) is 0 Å². The van der Waals surface area contributed by atoms with Crippen molar-refractivity contribution in [2.45, 2.75) is 18.9 Å². The average molecular weight is 148 g/mol. The molecule has 10 heavy (non-hydrogen) atoms. The maximum absolute atomic E-state index is 2.36. The fraction of sp³-hybridized carbons (Fsp3) is 0.444. The van der Waals surface area contributed by atoms with Crippen molar-refractivity contribution in [1.82, 2.24) is 0 Å². The van der Waals surface area contributed by atoms with Gasteiger partial charge in [0.15, 0.2) is 0 Å². The van der Waals surface area contributed by atoms with Crippen LogP contribution in [0.15, 0.2) is 24.3 Å². The van der Waals surface area contributed by atoms with Gasteiger partial charge in [-0.25, -0.2) is 0 Å². The van der Waals surface area contributed by atoms with Gasteiger partial charge in [-0.15, -0.1) is 0 Å². The second-order valence-electron chi connectivity index (χ2n) is 2.99. The lowest BCUT2D eigenvalue weighted by atomic mass is 9.95. The zero-order valence-electron chi connectivity index (χ0n) is 6.09. The Morgan fingerprint density at radius 3 is 3.30 bits per heavy atom. The van der Waals surface area contributed by atoms with Gasteiger partial charge in [-0.3, -0.25) is 0 Å². The van der Waals surface area contributed by atoms with E-state index >= 15 is 0 Å². The Hall–Kier alpha value is -0.433. The number of hydrogen-bond acceptors (Lipinski definition) is 0. The summed E-state index contributed by atoms with van der Waals surface area (Å²) in [6.45, 7) is 0. The van der Waals surface area contributed by atoms with Crippen molar-refractivity contribution in [3.8, 4) is 0 Å². The molecule has 0 fully saturated rings. The molecule has 1 aliphatic carbocycles. The fourth-order valence-electron chi connectivity index (χ4n) is 1.69. The molecule has 1 aliphatic heterocycles. The van der Waals surface area contributed by atoms with Crippen LogP contribution in [-0.4, -0.2) is 14.3 Å².